The third-order valence-corrected chi connectivity index (χ3v) is 3.57. The fourth-order valence-electron chi connectivity index (χ4n) is 2.62. The highest BCUT2D eigenvalue weighted by atomic mass is 16.1. The van der Waals surface area contributed by atoms with Crippen molar-refractivity contribution in [3.8, 4) is 0 Å². The number of aryl methyl sites for hydroxylation is 2. The lowest BCUT2D eigenvalue weighted by Crippen LogP contribution is -2.31. The molecule has 0 spiro atoms. The summed E-state index contributed by atoms with van der Waals surface area (Å²) >= 11 is 0. The third kappa shape index (κ3) is 2.54. The van der Waals surface area contributed by atoms with Gasteiger partial charge < -0.3 is 5.32 Å². The average Bonchev–Trinajstić information content (AvgIpc) is 2.47. The van der Waals surface area contributed by atoms with E-state index in [0.29, 0.717) is 5.56 Å². The SMILES string of the molecule is [3H]c1ncccc1C(=O)NC1CCCc2cc(C)cnc21. The molecular weight excluding hydrogens is 250 g/mol. The number of nitrogens with one attached hydrogen (secondary N) is 1. The number of nitrogens with zero attached hydrogens (tertiary/aromatic N) is 2. The van der Waals surface area contributed by atoms with E-state index in [1.807, 2.05) is 13.1 Å². The second-order valence-electron chi connectivity index (χ2n) is 5.14. The Morgan fingerprint density at radius 3 is 3.30 bits per heavy atom. The molecule has 0 radical (unpaired) electrons. The molecule has 2 heterocycles. The van der Waals surface area contributed by atoms with Crippen molar-refractivity contribution in [3.63, 3.8) is 0 Å². The molecule has 20 heavy (non-hydrogen) atoms. The molecule has 4 heteroatoms. The van der Waals surface area contributed by atoms with E-state index in [0.717, 1.165) is 30.5 Å². The van der Waals surface area contributed by atoms with Crippen molar-refractivity contribution < 1.29 is 6.17 Å². The van der Waals surface area contributed by atoms with Crippen LogP contribution in [0.2, 0.25) is 0 Å². The van der Waals surface area contributed by atoms with Crippen LogP contribution in [0.4, 0.5) is 0 Å². The number of pyridine rings is 2. The van der Waals surface area contributed by atoms with E-state index < -0.39 is 0 Å². The van der Waals surface area contributed by atoms with Gasteiger partial charge in [-0.15, -0.1) is 0 Å². The van der Waals surface area contributed by atoms with Crippen LogP contribution in [0.1, 0.15) is 47.4 Å². The lowest BCUT2D eigenvalue weighted by Gasteiger charge is -2.25. The van der Waals surface area contributed by atoms with Crippen molar-refractivity contribution in [1.29, 1.82) is 0 Å². The molecule has 0 saturated carbocycles. The average molecular weight is 269 g/mol. The van der Waals surface area contributed by atoms with Crippen LogP contribution >= 0.6 is 0 Å². The maximum atomic E-state index is 12.3. The maximum absolute atomic E-state index is 12.3. The predicted molar refractivity (Wildman–Crippen MR) is 76.4 cm³/mol. The van der Waals surface area contributed by atoms with Gasteiger partial charge in [-0.1, -0.05) is 6.07 Å². The Balaban J connectivity index is 1.84. The summed E-state index contributed by atoms with van der Waals surface area (Å²) in [6.45, 7) is 2.03. The van der Waals surface area contributed by atoms with E-state index in [1.165, 1.54) is 11.8 Å². The van der Waals surface area contributed by atoms with E-state index in [-0.39, 0.29) is 18.1 Å². The van der Waals surface area contributed by atoms with Gasteiger partial charge >= 0.3 is 0 Å². The number of carbonyl (C=O) groups excluding carboxylic acids is 1. The summed E-state index contributed by atoms with van der Waals surface area (Å²) in [5.74, 6) is -0.256. The molecule has 102 valence electrons. The van der Waals surface area contributed by atoms with Crippen LogP contribution in [0.15, 0.2) is 36.8 Å². The molecule has 0 saturated heterocycles. The maximum Gasteiger partial charge on any atom is 0.253 e. The van der Waals surface area contributed by atoms with E-state index in [9.17, 15) is 4.79 Å². The monoisotopic (exact) mass is 269 g/mol. The Bertz CT molecular complexity index is 687. The predicted octanol–water partition coefficient (Wildman–Crippen LogP) is 2.59. The Labute approximate surface area is 119 Å². The second kappa shape index (κ2) is 5.41. The molecule has 2 aromatic rings. The topological polar surface area (TPSA) is 54.9 Å². The largest absolute Gasteiger partial charge is 0.344 e. The van der Waals surface area contributed by atoms with Crippen molar-refractivity contribution in [2.24, 2.45) is 0 Å². The zero-order valence-corrected chi connectivity index (χ0v) is 11.4. The van der Waals surface area contributed by atoms with Crippen LogP contribution in [0.5, 0.6) is 0 Å². The molecule has 2 aromatic heterocycles. The Morgan fingerprint density at radius 1 is 1.55 bits per heavy atom. The summed E-state index contributed by atoms with van der Waals surface area (Å²) in [7, 11) is 0. The van der Waals surface area contributed by atoms with E-state index in [4.69, 9.17) is 1.37 Å². The summed E-state index contributed by atoms with van der Waals surface area (Å²) in [5.41, 5.74) is 3.61. The minimum Gasteiger partial charge on any atom is -0.344 e. The van der Waals surface area contributed by atoms with Gasteiger partial charge in [-0.25, -0.2) is 0 Å². The van der Waals surface area contributed by atoms with Gasteiger partial charge in [-0.05, 0) is 49.4 Å². The number of hydrogen-bond acceptors (Lipinski definition) is 3. The van der Waals surface area contributed by atoms with Crippen molar-refractivity contribution in [1.82, 2.24) is 15.3 Å². The van der Waals surface area contributed by atoms with Gasteiger partial charge in [0.15, 0.2) is 0 Å². The van der Waals surface area contributed by atoms with Gasteiger partial charge in [0.2, 0.25) is 0 Å². The standard InChI is InChI=1S/C16H17N3O/c1-11-8-12-4-2-6-14(15(12)18-9-11)19-16(20)13-5-3-7-17-10-13/h3,5,7-10,14H,2,4,6H2,1H3,(H,19,20)/i10T. The third-order valence-electron chi connectivity index (χ3n) is 3.57. The number of fused-ring (bicyclic) bond motifs is 1. The van der Waals surface area contributed by atoms with Crippen molar-refractivity contribution in [3.05, 3.63) is 59.1 Å². The Morgan fingerprint density at radius 2 is 2.45 bits per heavy atom. The first-order chi connectivity index (χ1) is 10.1. The highest BCUT2D eigenvalue weighted by molar-refractivity contribution is 5.94. The first kappa shape index (κ1) is 11.6. The molecule has 1 aliphatic rings. The Kier molecular flexibility index (Phi) is 3.13. The van der Waals surface area contributed by atoms with Crippen molar-refractivity contribution in [2.45, 2.75) is 32.2 Å². The molecule has 1 atom stereocenters. The summed E-state index contributed by atoms with van der Waals surface area (Å²) in [5, 5.41) is 2.99. The fourth-order valence-corrected chi connectivity index (χ4v) is 2.62. The van der Waals surface area contributed by atoms with Gasteiger partial charge in [0.1, 0.15) is 0 Å². The molecular formula is C16H17N3O. The molecule has 0 aliphatic heterocycles. The molecule has 1 N–H and O–H groups in total. The number of hydrogen-bond donors (Lipinski definition) is 1. The number of carbonyl (C=O) groups is 1. The second-order valence-corrected chi connectivity index (χ2v) is 5.14. The smallest absolute Gasteiger partial charge is 0.253 e. The fraction of sp³-hybridized carbons (Fsp3) is 0.312. The highest BCUT2D eigenvalue weighted by Crippen LogP contribution is 2.28. The molecule has 0 fully saturated rings. The van der Waals surface area contributed by atoms with E-state index in [1.54, 1.807) is 12.1 Å². The summed E-state index contributed by atoms with van der Waals surface area (Å²) in [6.07, 6.45) is 6.27. The van der Waals surface area contributed by atoms with E-state index >= 15 is 0 Å². The van der Waals surface area contributed by atoms with Crippen molar-refractivity contribution >= 4 is 5.91 Å². The van der Waals surface area contributed by atoms with Gasteiger partial charge in [-0.3, -0.25) is 14.8 Å². The number of amides is 1. The van der Waals surface area contributed by atoms with Crippen LogP contribution in [0.3, 0.4) is 0 Å². The molecule has 3 rings (SSSR count). The van der Waals surface area contributed by atoms with Crippen molar-refractivity contribution in [2.75, 3.05) is 0 Å². The minimum absolute atomic E-state index is 0.00268. The van der Waals surface area contributed by atoms with Gasteiger partial charge in [0, 0.05) is 18.6 Å². The van der Waals surface area contributed by atoms with Crippen LogP contribution in [-0.2, 0) is 6.42 Å². The highest BCUT2D eigenvalue weighted by Gasteiger charge is 2.23. The number of aromatic nitrogens is 2. The van der Waals surface area contributed by atoms with Gasteiger partial charge in [-0.2, -0.15) is 0 Å². The molecule has 1 aliphatic carbocycles. The van der Waals surface area contributed by atoms with Crippen LogP contribution < -0.4 is 5.32 Å². The number of rotatable bonds is 2. The lowest BCUT2D eigenvalue weighted by molar-refractivity contribution is 0.0931. The molecule has 1 amide bonds. The molecule has 0 bridgehead atoms. The zero-order chi connectivity index (χ0) is 14.8. The zero-order valence-electron chi connectivity index (χ0n) is 12.4. The first-order valence-corrected chi connectivity index (χ1v) is 6.83. The van der Waals surface area contributed by atoms with Crippen LogP contribution in [0, 0.1) is 6.92 Å². The lowest BCUT2D eigenvalue weighted by atomic mass is 9.91. The van der Waals surface area contributed by atoms with Gasteiger partial charge in [0.25, 0.3) is 5.91 Å². The molecule has 0 aromatic carbocycles. The van der Waals surface area contributed by atoms with Crippen LogP contribution in [0.25, 0.3) is 0 Å². The summed E-state index contributed by atoms with van der Waals surface area (Å²) in [4.78, 5) is 20.6. The molecule has 1 unspecified atom stereocenters. The summed E-state index contributed by atoms with van der Waals surface area (Å²) < 4.78 is 7.70. The first-order valence-electron chi connectivity index (χ1n) is 7.33. The quantitative estimate of drug-likeness (QED) is 0.911. The van der Waals surface area contributed by atoms with Crippen LogP contribution in [-0.4, -0.2) is 15.9 Å². The summed E-state index contributed by atoms with van der Waals surface area (Å²) in [6, 6.07) is 5.35. The minimum atomic E-state index is -0.256. The van der Waals surface area contributed by atoms with E-state index in [2.05, 4.69) is 21.4 Å². The normalized spacial score (nSPS) is 18.1. The molecule has 4 nitrogen and oxygen atoms in total. The van der Waals surface area contributed by atoms with Gasteiger partial charge in [0.05, 0.1) is 18.7 Å². The Hall–Kier alpha value is -2.23.